The van der Waals surface area contributed by atoms with Crippen LogP contribution < -0.4 is 0 Å². The molecule has 0 unspecified atom stereocenters. The Hall–Kier alpha value is -1.72. The number of hydrogen-bond acceptors (Lipinski definition) is 3. The van der Waals surface area contributed by atoms with Crippen molar-refractivity contribution < 1.29 is 18.7 Å². The monoisotopic (exact) mass is 909 g/mol. The molecular formula is C61H114NO3+. The van der Waals surface area contributed by atoms with E-state index >= 15 is 0 Å². The normalized spacial score (nSPS) is 13.0. The molecule has 4 heteroatoms. The highest BCUT2D eigenvalue weighted by Crippen LogP contribution is 2.23. The predicted octanol–water partition coefficient (Wildman–Crippen LogP) is 18.9. The third-order valence-corrected chi connectivity index (χ3v) is 13.0. The van der Waals surface area contributed by atoms with Crippen LogP contribution in [0.1, 0.15) is 252 Å². The molecule has 0 amide bonds. The SMILES string of the molecule is CCCCC/C=C\C/C=C\CCCCCCCCOCC(COCCCCCCCC/C=C\C/C=C\CCCCC)(COCCCCCCCC/C=C\C/C=C\CCCCC)[N+](C)(C)C. The number of quaternary nitrogens is 1. The van der Waals surface area contributed by atoms with Gasteiger partial charge in [-0.3, -0.25) is 0 Å². The zero-order valence-electron chi connectivity index (χ0n) is 44.8. The quantitative estimate of drug-likeness (QED) is 0.0346. The van der Waals surface area contributed by atoms with Gasteiger partial charge in [0.25, 0.3) is 0 Å². The number of allylic oxidation sites excluding steroid dienone is 12. The lowest BCUT2D eigenvalue weighted by molar-refractivity contribution is -0.926. The summed E-state index contributed by atoms with van der Waals surface area (Å²) in [5.74, 6) is 0. The van der Waals surface area contributed by atoms with Crippen LogP contribution in [0, 0.1) is 0 Å². The van der Waals surface area contributed by atoms with E-state index in [9.17, 15) is 0 Å². The molecular weight excluding hydrogens is 795 g/mol. The Morgan fingerprint density at radius 1 is 0.277 bits per heavy atom. The minimum absolute atomic E-state index is 0.213. The van der Waals surface area contributed by atoms with Crippen molar-refractivity contribution in [2.24, 2.45) is 0 Å². The first-order chi connectivity index (χ1) is 31.9. The number of nitrogens with zero attached hydrogens (tertiary/aromatic N) is 1. The third kappa shape index (κ3) is 45.8. The van der Waals surface area contributed by atoms with Crippen LogP contribution in [0.15, 0.2) is 72.9 Å². The molecule has 0 fully saturated rings. The Balaban J connectivity index is 4.57. The minimum Gasteiger partial charge on any atom is -0.375 e. The van der Waals surface area contributed by atoms with E-state index in [4.69, 9.17) is 14.2 Å². The predicted molar refractivity (Wildman–Crippen MR) is 291 cm³/mol. The van der Waals surface area contributed by atoms with Crippen LogP contribution in [0.4, 0.5) is 0 Å². The first-order valence-corrected chi connectivity index (χ1v) is 28.4. The second-order valence-corrected chi connectivity index (χ2v) is 20.1. The molecule has 0 aliphatic carbocycles. The highest BCUT2D eigenvalue weighted by Gasteiger charge is 2.44. The van der Waals surface area contributed by atoms with E-state index in [-0.39, 0.29) is 5.54 Å². The fourth-order valence-electron chi connectivity index (χ4n) is 8.07. The van der Waals surface area contributed by atoms with Crippen molar-refractivity contribution in [2.75, 3.05) is 60.8 Å². The van der Waals surface area contributed by atoms with E-state index in [1.807, 2.05) is 0 Å². The van der Waals surface area contributed by atoms with E-state index in [1.54, 1.807) is 0 Å². The highest BCUT2D eigenvalue weighted by atomic mass is 16.5. The van der Waals surface area contributed by atoms with Crippen molar-refractivity contribution in [1.82, 2.24) is 0 Å². The van der Waals surface area contributed by atoms with Gasteiger partial charge in [-0.25, -0.2) is 0 Å². The van der Waals surface area contributed by atoms with Crippen LogP contribution in [0.3, 0.4) is 0 Å². The Labute approximate surface area is 408 Å². The first kappa shape index (κ1) is 63.3. The first-order valence-electron chi connectivity index (χ1n) is 28.4. The second-order valence-electron chi connectivity index (χ2n) is 20.1. The molecule has 0 aliphatic rings. The van der Waals surface area contributed by atoms with Crippen molar-refractivity contribution >= 4 is 0 Å². The fourth-order valence-corrected chi connectivity index (χ4v) is 8.07. The third-order valence-electron chi connectivity index (χ3n) is 13.0. The molecule has 0 aromatic carbocycles. The highest BCUT2D eigenvalue weighted by molar-refractivity contribution is 4.94. The van der Waals surface area contributed by atoms with Crippen molar-refractivity contribution in [1.29, 1.82) is 0 Å². The van der Waals surface area contributed by atoms with E-state index in [2.05, 4.69) is 115 Å². The molecule has 0 aromatic heterocycles. The zero-order chi connectivity index (χ0) is 47.3. The molecule has 0 atom stereocenters. The molecule has 0 bridgehead atoms. The number of unbranched alkanes of at least 4 members (excludes halogenated alkanes) is 27. The number of ether oxygens (including phenoxy) is 3. The summed E-state index contributed by atoms with van der Waals surface area (Å²) in [6.45, 7) is 11.3. The second kappa shape index (κ2) is 51.7. The Morgan fingerprint density at radius 2 is 0.492 bits per heavy atom. The molecule has 65 heavy (non-hydrogen) atoms. The van der Waals surface area contributed by atoms with Gasteiger partial charge < -0.3 is 18.7 Å². The summed E-state index contributed by atoms with van der Waals surface area (Å²) in [4.78, 5) is 0. The van der Waals surface area contributed by atoms with E-state index in [0.29, 0.717) is 19.8 Å². The van der Waals surface area contributed by atoms with Crippen molar-refractivity contribution in [3.8, 4) is 0 Å². The molecule has 0 saturated carbocycles. The van der Waals surface area contributed by atoms with Gasteiger partial charge in [0.2, 0.25) is 0 Å². The number of hydrogen-bond donors (Lipinski definition) is 0. The summed E-state index contributed by atoms with van der Waals surface area (Å²) >= 11 is 0. The minimum atomic E-state index is -0.213. The van der Waals surface area contributed by atoms with E-state index in [0.717, 1.165) is 62.8 Å². The number of rotatable bonds is 52. The van der Waals surface area contributed by atoms with Crippen LogP contribution >= 0.6 is 0 Å². The van der Waals surface area contributed by atoms with Gasteiger partial charge in [0, 0.05) is 19.8 Å². The smallest absolute Gasteiger partial charge is 0.169 e. The van der Waals surface area contributed by atoms with Crippen molar-refractivity contribution in [3.63, 3.8) is 0 Å². The van der Waals surface area contributed by atoms with Crippen LogP contribution in [-0.4, -0.2) is 70.8 Å². The van der Waals surface area contributed by atoms with Crippen LogP contribution in [0.25, 0.3) is 0 Å². The van der Waals surface area contributed by atoms with Crippen LogP contribution in [-0.2, 0) is 14.2 Å². The summed E-state index contributed by atoms with van der Waals surface area (Å²) in [6.07, 6.45) is 73.9. The standard InChI is InChI=1S/C61H114NO3/c1-7-10-13-16-19-22-25-28-31-34-37-40-43-46-49-52-55-63-58-61(62(4,5)6,59-64-56-53-50-47-44-41-38-35-32-29-26-23-20-17-14-11-8-2)60-65-57-54-51-48-45-42-39-36-33-30-27-24-21-18-15-12-9-3/h19-24,28-33H,7-18,25-27,34-60H2,1-6H3/q+1/b22-19-,23-20-,24-21-,31-28-,32-29-,33-30-. The summed E-state index contributed by atoms with van der Waals surface area (Å²) in [6, 6.07) is 0. The lowest BCUT2D eigenvalue weighted by Gasteiger charge is -2.45. The lowest BCUT2D eigenvalue weighted by atomic mass is 9.98. The van der Waals surface area contributed by atoms with Gasteiger partial charge in [0.15, 0.2) is 5.54 Å². The van der Waals surface area contributed by atoms with E-state index < -0.39 is 0 Å². The van der Waals surface area contributed by atoms with Crippen LogP contribution in [0.5, 0.6) is 0 Å². The molecule has 0 aliphatic heterocycles. The Kier molecular flexibility index (Phi) is 50.3. The Morgan fingerprint density at radius 3 is 0.723 bits per heavy atom. The molecule has 0 saturated heterocycles. The summed E-state index contributed by atoms with van der Waals surface area (Å²) in [5, 5.41) is 0. The van der Waals surface area contributed by atoms with Gasteiger partial charge in [-0.05, 0) is 116 Å². The van der Waals surface area contributed by atoms with Gasteiger partial charge in [0.1, 0.15) is 19.8 Å². The van der Waals surface area contributed by atoms with Gasteiger partial charge in [-0.1, -0.05) is 209 Å². The molecule has 0 N–H and O–H groups in total. The zero-order valence-corrected chi connectivity index (χ0v) is 44.8. The summed E-state index contributed by atoms with van der Waals surface area (Å²) < 4.78 is 20.3. The maximum Gasteiger partial charge on any atom is 0.169 e. The fraction of sp³-hybridized carbons (Fsp3) is 0.803. The maximum atomic E-state index is 6.51. The average Bonchev–Trinajstić information content (AvgIpc) is 3.29. The van der Waals surface area contributed by atoms with E-state index in [1.165, 1.54) is 193 Å². The molecule has 380 valence electrons. The lowest BCUT2D eigenvalue weighted by Crippen LogP contribution is -2.65. The summed E-state index contributed by atoms with van der Waals surface area (Å²) in [7, 11) is 6.91. The molecule has 0 aromatic rings. The molecule has 0 radical (unpaired) electrons. The van der Waals surface area contributed by atoms with Gasteiger partial charge in [0.05, 0.1) is 21.1 Å². The molecule has 0 heterocycles. The number of likely N-dealkylation sites (N-methyl/N-ethyl adjacent to an activating group) is 1. The topological polar surface area (TPSA) is 27.7 Å². The Bertz CT molecular complexity index is 984. The maximum absolute atomic E-state index is 6.51. The van der Waals surface area contributed by atoms with Gasteiger partial charge in [-0.15, -0.1) is 0 Å². The summed E-state index contributed by atoms with van der Waals surface area (Å²) in [5.41, 5.74) is -0.213. The average molecular weight is 910 g/mol. The molecule has 0 spiro atoms. The largest absolute Gasteiger partial charge is 0.375 e. The molecule has 0 rings (SSSR count). The van der Waals surface area contributed by atoms with Gasteiger partial charge >= 0.3 is 0 Å². The van der Waals surface area contributed by atoms with Crippen molar-refractivity contribution in [3.05, 3.63) is 72.9 Å². The molecule has 4 nitrogen and oxygen atoms in total. The van der Waals surface area contributed by atoms with Crippen molar-refractivity contribution in [2.45, 2.75) is 257 Å². The van der Waals surface area contributed by atoms with Gasteiger partial charge in [-0.2, -0.15) is 0 Å². The van der Waals surface area contributed by atoms with Crippen LogP contribution in [0.2, 0.25) is 0 Å².